The molecule has 4 nitrogen and oxygen atoms in total. The van der Waals surface area contributed by atoms with Crippen molar-refractivity contribution in [2.75, 3.05) is 5.32 Å². The molecule has 0 atom stereocenters. The molecule has 0 aliphatic carbocycles. The molecule has 0 bridgehead atoms. The summed E-state index contributed by atoms with van der Waals surface area (Å²) in [5, 5.41) is 5.44. The van der Waals surface area contributed by atoms with Gasteiger partial charge in [0.25, 0.3) is 5.91 Å². The van der Waals surface area contributed by atoms with Gasteiger partial charge in [-0.3, -0.25) is 15.1 Å². The maximum Gasteiger partial charge on any atom is 0.259 e. The molecule has 0 saturated carbocycles. The molecule has 0 aliphatic heterocycles. The van der Waals surface area contributed by atoms with Gasteiger partial charge in [-0.2, -0.15) is 0 Å². The second-order valence-electron chi connectivity index (χ2n) is 4.10. The maximum atomic E-state index is 12.0. The van der Waals surface area contributed by atoms with Gasteiger partial charge in [0.2, 0.25) is 0 Å². The molecule has 20 heavy (non-hydrogen) atoms. The first kappa shape index (κ1) is 13.0. The standard InChI is InChI=1S/C14H11N3OS2/c1-9-12(11-5-3-7-19-11)16-14(20-9)17-13(18)10-4-2-6-15-8-10/h2-8H,1H3,(H,16,17,18). The lowest BCUT2D eigenvalue weighted by Crippen LogP contribution is -2.11. The quantitative estimate of drug-likeness (QED) is 0.800. The molecule has 1 amide bonds. The number of pyridine rings is 1. The Kier molecular flexibility index (Phi) is 3.58. The molecule has 3 aromatic heterocycles. The van der Waals surface area contributed by atoms with E-state index in [0.29, 0.717) is 10.7 Å². The average Bonchev–Trinajstić information content (AvgIpc) is 3.09. The lowest BCUT2D eigenvalue weighted by Gasteiger charge is -2.00. The van der Waals surface area contributed by atoms with Crippen LogP contribution in [0.2, 0.25) is 0 Å². The Morgan fingerprint density at radius 3 is 2.90 bits per heavy atom. The number of hydrogen-bond acceptors (Lipinski definition) is 5. The average molecular weight is 301 g/mol. The van der Waals surface area contributed by atoms with Gasteiger partial charge in [-0.05, 0) is 30.5 Å². The van der Waals surface area contributed by atoms with Crippen LogP contribution in [-0.4, -0.2) is 15.9 Å². The molecule has 100 valence electrons. The Balaban J connectivity index is 1.83. The van der Waals surface area contributed by atoms with Gasteiger partial charge in [-0.25, -0.2) is 4.98 Å². The molecule has 6 heteroatoms. The summed E-state index contributed by atoms with van der Waals surface area (Å²) in [6.45, 7) is 2.01. The summed E-state index contributed by atoms with van der Waals surface area (Å²) >= 11 is 3.12. The second-order valence-corrected chi connectivity index (χ2v) is 6.25. The molecule has 0 saturated heterocycles. The van der Waals surface area contributed by atoms with E-state index in [0.717, 1.165) is 15.4 Å². The summed E-state index contributed by atoms with van der Waals surface area (Å²) in [5.41, 5.74) is 1.46. The van der Waals surface area contributed by atoms with Crippen molar-refractivity contribution < 1.29 is 4.79 Å². The minimum Gasteiger partial charge on any atom is -0.298 e. The fourth-order valence-corrected chi connectivity index (χ4v) is 3.42. The van der Waals surface area contributed by atoms with E-state index in [9.17, 15) is 4.79 Å². The van der Waals surface area contributed by atoms with Gasteiger partial charge in [-0.15, -0.1) is 22.7 Å². The molecule has 1 N–H and O–H groups in total. The number of aromatic nitrogens is 2. The Labute approximate surface area is 124 Å². The van der Waals surface area contributed by atoms with Gasteiger partial charge in [0.05, 0.1) is 16.1 Å². The van der Waals surface area contributed by atoms with Crippen molar-refractivity contribution >= 4 is 33.7 Å². The number of carbonyl (C=O) groups excluding carboxylic acids is 1. The number of nitrogens with zero attached hydrogens (tertiary/aromatic N) is 2. The van der Waals surface area contributed by atoms with E-state index in [4.69, 9.17) is 0 Å². The van der Waals surface area contributed by atoms with Crippen LogP contribution in [0.15, 0.2) is 42.0 Å². The Morgan fingerprint density at radius 1 is 1.30 bits per heavy atom. The monoisotopic (exact) mass is 301 g/mol. The number of thiophene rings is 1. The number of carbonyl (C=O) groups is 1. The molecular weight excluding hydrogens is 290 g/mol. The summed E-state index contributed by atoms with van der Waals surface area (Å²) in [4.78, 5) is 22.7. The highest BCUT2D eigenvalue weighted by Crippen LogP contribution is 2.33. The Morgan fingerprint density at radius 2 is 2.20 bits per heavy atom. The zero-order valence-corrected chi connectivity index (χ0v) is 12.3. The van der Waals surface area contributed by atoms with Gasteiger partial charge >= 0.3 is 0 Å². The number of nitrogens with one attached hydrogen (secondary N) is 1. The highest BCUT2D eigenvalue weighted by molar-refractivity contribution is 7.17. The molecule has 0 aliphatic rings. The number of thiazole rings is 1. The van der Waals surface area contributed by atoms with Crippen LogP contribution in [-0.2, 0) is 0 Å². The fraction of sp³-hybridized carbons (Fsp3) is 0.0714. The van der Waals surface area contributed by atoms with E-state index in [-0.39, 0.29) is 5.91 Å². The Bertz CT molecular complexity index is 720. The summed E-state index contributed by atoms with van der Waals surface area (Å²) in [6, 6.07) is 7.48. The molecule has 0 unspecified atom stereocenters. The van der Waals surface area contributed by atoms with Crippen LogP contribution >= 0.6 is 22.7 Å². The zero-order valence-electron chi connectivity index (χ0n) is 10.7. The van der Waals surface area contributed by atoms with Gasteiger partial charge in [0, 0.05) is 17.3 Å². The molecule has 3 rings (SSSR count). The van der Waals surface area contributed by atoms with Gasteiger partial charge in [-0.1, -0.05) is 6.07 Å². The van der Waals surface area contributed by atoms with Gasteiger partial charge < -0.3 is 0 Å². The van der Waals surface area contributed by atoms with Crippen LogP contribution in [0, 0.1) is 6.92 Å². The van der Waals surface area contributed by atoms with Crippen LogP contribution in [0.25, 0.3) is 10.6 Å². The highest BCUT2D eigenvalue weighted by atomic mass is 32.1. The van der Waals surface area contributed by atoms with Crippen LogP contribution in [0.5, 0.6) is 0 Å². The van der Waals surface area contributed by atoms with E-state index in [1.807, 2.05) is 24.4 Å². The van der Waals surface area contributed by atoms with Gasteiger partial charge in [0.1, 0.15) is 0 Å². The van der Waals surface area contributed by atoms with Gasteiger partial charge in [0.15, 0.2) is 5.13 Å². The molecule has 3 aromatic rings. The van der Waals surface area contributed by atoms with Crippen molar-refractivity contribution in [2.24, 2.45) is 0 Å². The Hall–Kier alpha value is -2.05. The van der Waals surface area contributed by atoms with E-state index in [2.05, 4.69) is 15.3 Å². The molecule has 3 heterocycles. The van der Waals surface area contributed by atoms with Crippen molar-refractivity contribution in [3.05, 3.63) is 52.5 Å². The van der Waals surface area contributed by atoms with Crippen LogP contribution in [0.3, 0.4) is 0 Å². The van der Waals surface area contributed by atoms with E-state index in [1.165, 1.54) is 17.5 Å². The van der Waals surface area contributed by atoms with Crippen molar-refractivity contribution in [2.45, 2.75) is 6.92 Å². The SMILES string of the molecule is Cc1sc(NC(=O)c2cccnc2)nc1-c1cccs1. The van der Waals surface area contributed by atoms with Crippen molar-refractivity contribution in [1.82, 2.24) is 9.97 Å². The first-order chi connectivity index (χ1) is 9.74. The number of hydrogen-bond donors (Lipinski definition) is 1. The molecule has 0 spiro atoms. The summed E-state index contributed by atoms with van der Waals surface area (Å²) in [6.07, 6.45) is 3.18. The first-order valence-corrected chi connectivity index (χ1v) is 7.66. The topological polar surface area (TPSA) is 54.9 Å². The summed E-state index contributed by atoms with van der Waals surface area (Å²) in [7, 11) is 0. The third-order valence-corrected chi connectivity index (χ3v) is 4.46. The molecule has 0 aromatic carbocycles. The first-order valence-electron chi connectivity index (χ1n) is 5.97. The smallest absolute Gasteiger partial charge is 0.259 e. The second kappa shape index (κ2) is 5.52. The summed E-state index contributed by atoms with van der Waals surface area (Å²) in [5.74, 6) is -0.190. The third kappa shape index (κ3) is 2.61. The number of aryl methyl sites for hydroxylation is 1. The minimum atomic E-state index is -0.190. The largest absolute Gasteiger partial charge is 0.298 e. The molecule has 0 fully saturated rings. The predicted octanol–water partition coefficient (Wildman–Crippen LogP) is 3.83. The molecule has 0 radical (unpaired) electrons. The van der Waals surface area contributed by atoms with E-state index < -0.39 is 0 Å². The lowest BCUT2D eigenvalue weighted by atomic mass is 10.3. The normalized spacial score (nSPS) is 10.4. The number of amides is 1. The zero-order chi connectivity index (χ0) is 13.9. The van der Waals surface area contributed by atoms with Crippen LogP contribution in [0.4, 0.5) is 5.13 Å². The number of anilines is 1. The number of rotatable bonds is 3. The van der Waals surface area contributed by atoms with Crippen LogP contribution in [0.1, 0.15) is 15.2 Å². The van der Waals surface area contributed by atoms with Crippen LogP contribution < -0.4 is 5.32 Å². The predicted molar refractivity (Wildman–Crippen MR) is 82.4 cm³/mol. The van der Waals surface area contributed by atoms with E-state index >= 15 is 0 Å². The lowest BCUT2D eigenvalue weighted by molar-refractivity contribution is 0.102. The minimum absolute atomic E-state index is 0.190. The molecular formula is C14H11N3OS2. The van der Waals surface area contributed by atoms with Crippen molar-refractivity contribution in [3.8, 4) is 10.6 Å². The van der Waals surface area contributed by atoms with Crippen molar-refractivity contribution in [1.29, 1.82) is 0 Å². The fourth-order valence-electron chi connectivity index (χ4n) is 1.76. The highest BCUT2D eigenvalue weighted by Gasteiger charge is 2.13. The summed E-state index contributed by atoms with van der Waals surface area (Å²) < 4.78 is 0. The third-order valence-electron chi connectivity index (χ3n) is 2.70. The maximum absolute atomic E-state index is 12.0. The van der Waals surface area contributed by atoms with Crippen molar-refractivity contribution in [3.63, 3.8) is 0 Å². The van der Waals surface area contributed by atoms with E-state index in [1.54, 1.807) is 29.7 Å².